The van der Waals surface area contributed by atoms with Gasteiger partial charge in [0.1, 0.15) is 0 Å². The zero-order valence-electron chi connectivity index (χ0n) is 16.2. The Kier molecular flexibility index (Phi) is 6.14. The van der Waals surface area contributed by atoms with Gasteiger partial charge in [-0.05, 0) is 38.7 Å². The lowest BCUT2D eigenvalue weighted by molar-refractivity contribution is 0.0847. The molecule has 0 spiro atoms. The fourth-order valence-electron chi connectivity index (χ4n) is 4.20. The van der Waals surface area contributed by atoms with Crippen molar-refractivity contribution in [2.75, 3.05) is 44.0 Å². The molecule has 1 aromatic heterocycles. The van der Waals surface area contributed by atoms with Crippen molar-refractivity contribution < 1.29 is 17.9 Å². The molecular weight excluding hydrogens is 386 g/mol. The van der Waals surface area contributed by atoms with Gasteiger partial charge in [0.15, 0.2) is 0 Å². The molecule has 1 aromatic rings. The fraction of sp³-hybridized carbons (Fsp3) is 0.722. The Morgan fingerprint density at radius 2 is 2.00 bits per heavy atom. The molecule has 7 nitrogen and oxygen atoms in total. The van der Waals surface area contributed by atoms with Crippen molar-refractivity contribution in [3.05, 3.63) is 16.0 Å². The van der Waals surface area contributed by atoms with Crippen LogP contribution in [0.25, 0.3) is 0 Å². The summed E-state index contributed by atoms with van der Waals surface area (Å²) >= 11 is 1.61. The van der Waals surface area contributed by atoms with Crippen LogP contribution in [0.5, 0.6) is 0 Å². The predicted molar refractivity (Wildman–Crippen MR) is 108 cm³/mol. The molecular formula is C18H29N3O4S2. The summed E-state index contributed by atoms with van der Waals surface area (Å²) in [6.07, 6.45) is 3.89. The first-order valence-corrected chi connectivity index (χ1v) is 12.1. The molecule has 0 saturated carbocycles. The highest BCUT2D eigenvalue weighted by Gasteiger charge is 2.35. The molecule has 2 saturated heterocycles. The van der Waals surface area contributed by atoms with Crippen molar-refractivity contribution in [3.8, 4) is 0 Å². The molecule has 27 heavy (non-hydrogen) atoms. The molecule has 0 bridgehead atoms. The summed E-state index contributed by atoms with van der Waals surface area (Å²) in [5.74, 6) is -0.404. The second kappa shape index (κ2) is 8.06. The number of primary amides is 1. The molecule has 152 valence electrons. The molecule has 0 radical (unpaired) electrons. The van der Waals surface area contributed by atoms with Gasteiger partial charge in [0.25, 0.3) is 0 Å². The highest BCUT2D eigenvalue weighted by molar-refractivity contribution is 7.88. The molecule has 2 N–H and O–H groups in total. The van der Waals surface area contributed by atoms with Crippen LogP contribution < -0.4 is 10.6 Å². The van der Waals surface area contributed by atoms with Gasteiger partial charge in [0, 0.05) is 49.7 Å². The van der Waals surface area contributed by atoms with E-state index >= 15 is 0 Å². The number of rotatable bonds is 6. The van der Waals surface area contributed by atoms with Gasteiger partial charge in [0.05, 0.1) is 16.8 Å². The maximum Gasteiger partial charge on any atom is 0.250 e. The number of carbonyl (C=O) groups is 1. The molecule has 1 atom stereocenters. The number of nitrogens with zero attached hydrogens (tertiary/aromatic N) is 2. The summed E-state index contributed by atoms with van der Waals surface area (Å²) < 4.78 is 30.7. The fourth-order valence-corrected chi connectivity index (χ4v) is 6.66. The Morgan fingerprint density at radius 3 is 2.52 bits per heavy atom. The summed E-state index contributed by atoms with van der Waals surface area (Å²) in [4.78, 5) is 15.5. The number of anilines is 1. The van der Waals surface area contributed by atoms with Crippen molar-refractivity contribution in [1.82, 2.24) is 4.31 Å². The van der Waals surface area contributed by atoms with Crippen LogP contribution in [0.4, 0.5) is 5.00 Å². The Bertz CT molecular complexity index is 800. The van der Waals surface area contributed by atoms with Crippen LogP contribution in [0.2, 0.25) is 0 Å². The molecule has 1 unspecified atom stereocenters. The Morgan fingerprint density at radius 1 is 1.33 bits per heavy atom. The number of sulfonamides is 1. The maximum absolute atomic E-state index is 12.2. The lowest BCUT2D eigenvalue weighted by Crippen LogP contribution is -2.39. The van der Waals surface area contributed by atoms with Crippen molar-refractivity contribution >= 4 is 32.3 Å². The first kappa shape index (κ1) is 20.6. The van der Waals surface area contributed by atoms with E-state index in [1.54, 1.807) is 11.3 Å². The predicted octanol–water partition coefficient (Wildman–Crippen LogP) is 1.91. The standard InChI is InChI=1S/C18H29N3O4S2/c1-4-21(14-6-9-25-10-7-14)18-12(2)15(17(19)22)16(26-18)13-5-8-20(11-13)27(3,23)24/h13-14H,4-11H2,1-3H3,(H2,19,22). The first-order valence-electron chi connectivity index (χ1n) is 9.46. The molecule has 0 aliphatic carbocycles. The molecule has 2 aliphatic rings. The van der Waals surface area contributed by atoms with E-state index in [1.165, 1.54) is 10.6 Å². The van der Waals surface area contributed by atoms with Gasteiger partial charge in [-0.2, -0.15) is 0 Å². The lowest BCUT2D eigenvalue weighted by Gasteiger charge is -2.34. The number of ether oxygens (including phenoxy) is 1. The minimum atomic E-state index is -3.22. The summed E-state index contributed by atoms with van der Waals surface area (Å²) in [7, 11) is -3.22. The zero-order chi connectivity index (χ0) is 19.8. The smallest absolute Gasteiger partial charge is 0.250 e. The maximum atomic E-state index is 12.2. The number of hydrogen-bond donors (Lipinski definition) is 1. The number of nitrogens with two attached hydrogens (primary N) is 1. The average molecular weight is 416 g/mol. The van der Waals surface area contributed by atoms with Gasteiger partial charge in [0.2, 0.25) is 15.9 Å². The Labute approximate surface area is 165 Å². The summed E-state index contributed by atoms with van der Waals surface area (Å²) in [5.41, 5.74) is 7.24. The normalized spacial score (nSPS) is 22.3. The molecule has 2 aliphatic heterocycles. The van der Waals surface area contributed by atoms with Gasteiger partial charge in [-0.25, -0.2) is 12.7 Å². The second-order valence-electron chi connectivity index (χ2n) is 7.37. The van der Waals surface area contributed by atoms with Crippen LogP contribution in [0, 0.1) is 6.92 Å². The highest BCUT2D eigenvalue weighted by Crippen LogP contribution is 2.43. The van der Waals surface area contributed by atoms with Crippen LogP contribution >= 0.6 is 11.3 Å². The van der Waals surface area contributed by atoms with Gasteiger partial charge in [-0.3, -0.25) is 4.79 Å². The summed E-state index contributed by atoms with van der Waals surface area (Å²) in [6, 6.07) is 0.394. The Balaban J connectivity index is 1.95. The van der Waals surface area contributed by atoms with E-state index in [1.807, 2.05) is 6.92 Å². The SMILES string of the molecule is CCN(c1sc(C2CCN(S(C)(=O)=O)C2)c(C(N)=O)c1C)C1CCOCC1. The van der Waals surface area contributed by atoms with E-state index < -0.39 is 15.9 Å². The van der Waals surface area contributed by atoms with E-state index in [0.29, 0.717) is 24.7 Å². The third kappa shape index (κ3) is 4.16. The van der Waals surface area contributed by atoms with Crippen LogP contribution in [-0.4, -0.2) is 63.8 Å². The number of thiophene rings is 1. The van der Waals surface area contributed by atoms with Crippen molar-refractivity contribution in [2.24, 2.45) is 5.73 Å². The first-order chi connectivity index (χ1) is 12.7. The van der Waals surface area contributed by atoms with E-state index in [0.717, 1.165) is 54.5 Å². The van der Waals surface area contributed by atoms with Gasteiger partial charge < -0.3 is 15.4 Å². The number of carbonyl (C=O) groups excluding carboxylic acids is 1. The third-order valence-electron chi connectivity index (χ3n) is 5.62. The highest BCUT2D eigenvalue weighted by atomic mass is 32.2. The number of hydrogen-bond acceptors (Lipinski definition) is 6. The van der Waals surface area contributed by atoms with Crippen LogP contribution in [-0.2, 0) is 14.8 Å². The zero-order valence-corrected chi connectivity index (χ0v) is 17.9. The molecule has 0 aromatic carbocycles. The lowest BCUT2D eigenvalue weighted by atomic mass is 9.99. The van der Waals surface area contributed by atoms with Crippen LogP contribution in [0.15, 0.2) is 0 Å². The van der Waals surface area contributed by atoms with Crippen molar-refractivity contribution in [2.45, 2.75) is 45.1 Å². The average Bonchev–Trinajstić information content (AvgIpc) is 3.22. The quantitative estimate of drug-likeness (QED) is 0.766. The molecule has 2 fully saturated rings. The summed E-state index contributed by atoms with van der Waals surface area (Å²) in [6.45, 7) is 7.36. The Hall–Kier alpha value is -1.16. The van der Waals surface area contributed by atoms with Crippen LogP contribution in [0.1, 0.15) is 52.9 Å². The monoisotopic (exact) mass is 415 g/mol. The van der Waals surface area contributed by atoms with Gasteiger partial charge in [-0.1, -0.05) is 0 Å². The minimum Gasteiger partial charge on any atom is -0.381 e. The van der Waals surface area contributed by atoms with E-state index in [4.69, 9.17) is 10.5 Å². The number of amides is 1. The molecule has 9 heteroatoms. The summed E-state index contributed by atoms with van der Waals surface area (Å²) in [5, 5.41) is 1.09. The van der Waals surface area contributed by atoms with Crippen molar-refractivity contribution in [1.29, 1.82) is 0 Å². The van der Waals surface area contributed by atoms with Gasteiger partial charge >= 0.3 is 0 Å². The van der Waals surface area contributed by atoms with E-state index in [9.17, 15) is 13.2 Å². The minimum absolute atomic E-state index is 0.0214. The van der Waals surface area contributed by atoms with E-state index in [2.05, 4.69) is 11.8 Å². The van der Waals surface area contributed by atoms with E-state index in [-0.39, 0.29) is 5.92 Å². The van der Waals surface area contributed by atoms with Crippen molar-refractivity contribution in [3.63, 3.8) is 0 Å². The topological polar surface area (TPSA) is 92.9 Å². The third-order valence-corrected chi connectivity index (χ3v) is 8.38. The molecule has 3 heterocycles. The van der Waals surface area contributed by atoms with Gasteiger partial charge in [-0.15, -0.1) is 11.3 Å². The second-order valence-corrected chi connectivity index (χ2v) is 10.4. The van der Waals surface area contributed by atoms with Crippen LogP contribution in [0.3, 0.4) is 0 Å². The molecule has 1 amide bonds. The molecule has 3 rings (SSSR count). The largest absolute Gasteiger partial charge is 0.381 e.